The molecule has 2 aromatic heterocycles. The standard InChI is InChI=1S/C20H18N4O3S2/c1-2-27-19(25)16-14(23-20(26)24-17(16)15-8-5-9-28-15)10-29-18-12-6-3-4-7-13(12)21-11-22-18/h3-9,11,17H,2,10H2,1H3,(H2,23,24,26)/t17-/m0/s1. The van der Waals surface area contributed by atoms with Gasteiger partial charge >= 0.3 is 12.0 Å². The van der Waals surface area contributed by atoms with Crippen molar-refractivity contribution in [1.29, 1.82) is 0 Å². The van der Waals surface area contributed by atoms with Crippen molar-refractivity contribution in [3.63, 3.8) is 0 Å². The van der Waals surface area contributed by atoms with Gasteiger partial charge in [-0.3, -0.25) is 0 Å². The number of fused-ring (bicyclic) bond motifs is 1. The summed E-state index contributed by atoms with van der Waals surface area (Å²) in [5.41, 5.74) is 1.79. The molecule has 0 saturated heterocycles. The Hall–Kier alpha value is -2.91. The highest BCUT2D eigenvalue weighted by Gasteiger charge is 2.34. The maximum atomic E-state index is 12.7. The first-order valence-corrected chi connectivity index (χ1v) is 10.9. The summed E-state index contributed by atoms with van der Waals surface area (Å²) < 4.78 is 5.28. The lowest BCUT2D eigenvalue weighted by Gasteiger charge is -2.28. The lowest BCUT2D eigenvalue weighted by atomic mass is 10.0. The second-order valence-corrected chi connectivity index (χ2v) is 8.09. The average Bonchev–Trinajstić information content (AvgIpc) is 3.26. The van der Waals surface area contributed by atoms with E-state index in [1.54, 1.807) is 6.92 Å². The van der Waals surface area contributed by atoms with E-state index < -0.39 is 12.0 Å². The molecule has 0 bridgehead atoms. The fourth-order valence-corrected chi connectivity index (χ4v) is 4.83. The van der Waals surface area contributed by atoms with Gasteiger partial charge in [-0.1, -0.05) is 36.0 Å². The van der Waals surface area contributed by atoms with Crippen molar-refractivity contribution in [3.05, 3.63) is 64.3 Å². The molecular formula is C20H18N4O3S2. The van der Waals surface area contributed by atoms with E-state index in [1.807, 2.05) is 41.8 Å². The molecule has 29 heavy (non-hydrogen) atoms. The van der Waals surface area contributed by atoms with Crippen LogP contribution in [0.1, 0.15) is 17.8 Å². The van der Waals surface area contributed by atoms with Crippen molar-refractivity contribution < 1.29 is 14.3 Å². The molecule has 0 unspecified atom stereocenters. The number of benzene rings is 1. The minimum atomic E-state index is -0.541. The topological polar surface area (TPSA) is 93.2 Å². The van der Waals surface area contributed by atoms with Gasteiger partial charge in [0.2, 0.25) is 0 Å². The highest BCUT2D eigenvalue weighted by Crippen LogP contribution is 2.33. The number of nitrogens with zero attached hydrogens (tertiary/aromatic N) is 2. The summed E-state index contributed by atoms with van der Waals surface area (Å²) in [5, 5.41) is 9.24. The first kappa shape index (κ1) is 19.4. The Kier molecular flexibility index (Phi) is 5.77. The molecule has 0 spiro atoms. The quantitative estimate of drug-likeness (QED) is 0.355. The number of esters is 1. The minimum absolute atomic E-state index is 0.254. The zero-order valence-electron chi connectivity index (χ0n) is 15.5. The predicted molar refractivity (Wildman–Crippen MR) is 113 cm³/mol. The van der Waals surface area contributed by atoms with Gasteiger partial charge in [0.25, 0.3) is 0 Å². The van der Waals surface area contributed by atoms with Crippen LogP contribution in [0, 0.1) is 0 Å². The number of carbonyl (C=O) groups is 2. The van der Waals surface area contributed by atoms with Crippen LogP contribution < -0.4 is 10.6 Å². The molecule has 9 heteroatoms. The van der Waals surface area contributed by atoms with Crippen LogP contribution in [0.2, 0.25) is 0 Å². The lowest BCUT2D eigenvalue weighted by molar-refractivity contribution is -0.139. The summed E-state index contributed by atoms with van der Waals surface area (Å²) in [4.78, 5) is 34.6. The normalized spacial score (nSPS) is 16.4. The van der Waals surface area contributed by atoms with Gasteiger partial charge in [0.1, 0.15) is 11.4 Å². The number of ether oxygens (including phenoxy) is 1. The molecule has 4 rings (SSSR count). The van der Waals surface area contributed by atoms with E-state index in [4.69, 9.17) is 4.74 Å². The second kappa shape index (κ2) is 8.62. The van der Waals surface area contributed by atoms with Crippen molar-refractivity contribution in [2.24, 2.45) is 0 Å². The van der Waals surface area contributed by atoms with Crippen molar-refractivity contribution in [2.45, 2.75) is 18.0 Å². The zero-order valence-corrected chi connectivity index (χ0v) is 17.2. The van der Waals surface area contributed by atoms with Crippen molar-refractivity contribution in [3.8, 4) is 0 Å². The van der Waals surface area contributed by atoms with Crippen molar-refractivity contribution in [1.82, 2.24) is 20.6 Å². The van der Waals surface area contributed by atoms with Crippen LogP contribution in [0.3, 0.4) is 0 Å². The Balaban J connectivity index is 1.70. The smallest absolute Gasteiger partial charge is 0.338 e. The molecule has 0 aliphatic carbocycles. The van der Waals surface area contributed by atoms with E-state index in [2.05, 4.69) is 20.6 Å². The molecule has 1 atom stereocenters. The number of hydrogen-bond acceptors (Lipinski definition) is 7. The van der Waals surface area contributed by atoms with Gasteiger partial charge in [-0.2, -0.15) is 0 Å². The summed E-state index contributed by atoms with van der Waals surface area (Å²) in [6.07, 6.45) is 1.51. The van der Waals surface area contributed by atoms with Crippen LogP contribution in [0.15, 0.2) is 64.4 Å². The van der Waals surface area contributed by atoms with Crippen LogP contribution in [0.4, 0.5) is 4.79 Å². The van der Waals surface area contributed by atoms with Crippen molar-refractivity contribution in [2.75, 3.05) is 12.4 Å². The molecule has 1 aromatic carbocycles. The van der Waals surface area contributed by atoms with Crippen LogP contribution in [-0.4, -0.2) is 34.3 Å². The molecule has 3 aromatic rings. The highest BCUT2D eigenvalue weighted by molar-refractivity contribution is 7.99. The van der Waals surface area contributed by atoms with E-state index in [9.17, 15) is 9.59 Å². The van der Waals surface area contributed by atoms with E-state index in [0.29, 0.717) is 17.0 Å². The predicted octanol–water partition coefficient (Wildman–Crippen LogP) is 3.65. The number of thiophene rings is 1. The van der Waals surface area contributed by atoms with Gasteiger partial charge in [0, 0.05) is 21.7 Å². The molecule has 3 heterocycles. The average molecular weight is 427 g/mol. The van der Waals surface area contributed by atoms with Crippen LogP contribution in [-0.2, 0) is 9.53 Å². The van der Waals surface area contributed by atoms with Crippen LogP contribution in [0.25, 0.3) is 10.9 Å². The van der Waals surface area contributed by atoms with E-state index >= 15 is 0 Å². The third-order valence-electron chi connectivity index (χ3n) is 4.34. The molecule has 148 valence electrons. The van der Waals surface area contributed by atoms with Gasteiger partial charge in [0.05, 0.1) is 23.7 Å². The Morgan fingerprint density at radius 1 is 1.24 bits per heavy atom. The molecule has 2 N–H and O–H groups in total. The number of amides is 2. The van der Waals surface area contributed by atoms with Gasteiger partial charge in [-0.15, -0.1) is 11.3 Å². The molecule has 1 aliphatic rings. The molecular weight excluding hydrogens is 408 g/mol. The number of para-hydroxylation sites is 1. The Bertz CT molecular complexity index is 1080. The number of urea groups is 1. The van der Waals surface area contributed by atoms with Gasteiger partial charge < -0.3 is 15.4 Å². The maximum absolute atomic E-state index is 12.7. The SMILES string of the molecule is CCOC(=O)C1=C(CSc2ncnc3ccccc23)NC(=O)N[C@H]1c1cccs1. The number of hydrogen-bond donors (Lipinski definition) is 2. The minimum Gasteiger partial charge on any atom is -0.463 e. The molecule has 0 radical (unpaired) electrons. The molecule has 1 aliphatic heterocycles. The van der Waals surface area contributed by atoms with E-state index in [1.165, 1.54) is 29.4 Å². The number of carbonyl (C=O) groups excluding carboxylic acids is 2. The summed E-state index contributed by atoms with van der Waals surface area (Å²) in [6.45, 7) is 2.01. The number of rotatable bonds is 6. The summed E-state index contributed by atoms with van der Waals surface area (Å²) in [7, 11) is 0. The maximum Gasteiger partial charge on any atom is 0.338 e. The zero-order chi connectivity index (χ0) is 20.2. The van der Waals surface area contributed by atoms with E-state index in [-0.39, 0.29) is 12.6 Å². The van der Waals surface area contributed by atoms with Gasteiger partial charge in [-0.05, 0) is 24.4 Å². The fourth-order valence-electron chi connectivity index (χ4n) is 3.09. The fraction of sp³-hybridized carbons (Fsp3) is 0.200. The largest absolute Gasteiger partial charge is 0.463 e. The van der Waals surface area contributed by atoms with Gasteiger partial charge in [0.15, 0.2) is 0 Å². The summed E-state index contributed by atoms with van der Waals surface area (Å²) >= 11 is 2.92. The first-order valence-electron chi connectivity index (χ1n) is 9.01. The third-order valence-corrected chi connectivity index (χ3v) is 6.31. The first-order chi connectivity index (χ1) is 14.2. The number of thioether (sulfide) groups is 1. The second-order valence-electron chi connectivity index (χ2n) is 6.14. The van der Waals surface area contributed by atoms with Crippen LogP contribution >= 0.6 is 23.1 Å². The Morgan fingerprint density at radius 2 is 2.10 bits per heavy atom. The Morgan fingerprint density at radius 3 is 2.90 bits per heavy atom. The molecule has 0 saturated carbocycles. The lowest BCUT2D eigenvalue weighted by Crippen LogP contribution is -2.46. The summed E-state index contributed by atoms with van der Waals surface area (Å²) in [5.74, 6) is -0.0775. The van der Waals surface area contributed by atoms with Gasteiger partial charge in [-0.25, -0.2) is 19.6 Å². The molecule has 0 fully saturated rings. The van der Waals surface area contributed by atoms with Crippen molar-refractivity contribution >= 4 is 46.0 Å². The summed E-state index contributed by atoms with van der Waals surface area (Å²) in [6, 6.07) is 10.6. The monoisotopic (exact) mass is 426 g/mol. The number of aromatic nitrogens is 2. The molecule has 7 nitrogen and oxygen atoms in total. The van der Waals surface area contributed by atoms with Crippen LogP contribution in [0.5, 0.6) is 0 Å². The Labute approximate surface area is 175 Å². The highest BCUT2D eigenvalue weighted by atomic mass is 32.2. The molecule has 2 amide bonds. The third kappa shape index (κ3) is 4.10. The number of nitrogens with one attached hydrogen (secondary N) is 2. The van der Waals surface area contributed by atoms with E-state index in [0.717, 1.165) is 20.8 Å².